The largest absolute Gasteiger partial charge is 0.504 e. The van der Waals surface area contributed by atoms with Crippen molar-refractivity contribution in [1.29, 1.82) is 0 Å². The Bertz CT molecular complexity index is 1950. The number of phenols is 1. The minimum absolute atomic E-state index is 0.0372. The molecule has 0 amide bonds. The van der Waals surface area contributed by atoms with Crippen molar-refractivity contribution in [1.82, 2.24) is 19.6 Å². The zero-order valence-corrected chi connectivity index (χ0v) is 20.5. The number of phenolic OH excluding ortho intramolecular Hbond substituents is 1. The summed E-state index contributed by atoms with van der Waals surface area (Å²) in [7, 11) is 1.48. The van der Waals surface area contributed by atoms with Gasteiger partial charge in [0.15, 0.2) is 28.7 Å². The topological polar surface area (TPSA) is 112 Å². The first-order valence-corrected chi connectivity index (χ1v) is 12.0. The van der Waals surface area contributed by atoms with Gasteiger partial charge in [-0.3, -0.25) is 0 Å². The van der Waals surface area contributed by atoms with E-state index in [9.17, 15) is 9.90 Å². The summed E-state index contributed by atoms with van der Waals surface area (Å²) in [6.45, 7) is 0. The summed E-state index contributed by atoms with van der Waals surface area (Å²) < 4.78 is 18.7. The van der Waals surface area contributed by atoms with Gasteiger partial charge in [0.1, 0.15) is 11.9 Å². The van der Waals surface area contributed by atoms with Crippen molar-refractivity contribution in [2.75, 3.05) is 7.11 Å². The fourth-order valence-electron chi connectivity index (χ4n) is 4.87. The van der Waals surface area contributed by atoms with Crippen LogP contribution in [0.25, 0.3) is 28.0 Å². The maximum absolute atomic E-state index is 13.4. The molecule has 0 bridgehead atoms. The number of rotatable bonds is 3. The number of halogens is 1. The van der Waals surface area contributed by atoms with E-state index in [1.165, 1.54) is 24.0 Å². The van der Waals surface area contributed by atoms with Crippen molar-refractivity contribution < 1.29 is 19.0 Å². The van der Waals surface area contributed by atoms with E-state index in [-0.39, 0.29) is 5.75 Å². The lowest BCUT2D eigenvalue weighted by Gasteiger charge is -2.27. The molecule has 1 aliphatic heterocycles. The van der Waals surface area contributed by atoms with Crippen molar-refractivity contribution in [3.63, 3.8) is 0 Å². The molecule has 1 atom stereocenters. The molecule has 6 aromatic rings. The normalized spacial score (nSPS) is 14.2. The summed E-state index contributed by atoms with van der Waals surface area (Å²) in [5, 5.41) is 16.1. The summed E-state index contributed by atoms with van der Waals surface area (Å²) in [5.41, 5.74) is 2.58. The number of benzene rings is 3. The summed E-state index contributed by atoms with van der Waals surface area (Å²) in [6, 6.07) is 19.3. The standard InChI is InChI=1S/C28H17ClN4O5/c1-36-20-11-8-15(12-18(20)34)25-31-26-23-21(14-6-9-16(29)10-7-14)22-24(38-27(23)30-13-33(26)32-25)17-4-2-3-5-19(17)37-28(22)35/h2-13,21,34H,1H3. The first-order chi connectivity index (χ1) is 18.5. The molecule has 3 aromatic carbocycles. The number of para-hydroxylation sites is 1. The summed E-state index contributed by atoms with van der Waals surface area (Å²) in [4.78, 5) is 22.7. The van der Waals surface area contributed by atoms with Gasteiger partial charge in [0.05, 0.1) is 29.5 Å². The number of hydrogen-bond acceptors (Lipinski definition) is 8. The van der Waals surface area contributed by atoms with E-state index in [4.69, 9.17) is 30.5 Å². The highest BCUT2D eigenvalue weighted by Crippen LogP contribution is 2.49. The second-order valence-corrected chi connectivity index (χ2v) is 9.21. The van der Waals surface area contributed by atoms with Gasteiger partial charge >= 0.3 is 5.63 Å². The van der Waals surface area contributed by atoms with Crippen LogP contribution in [0.2, 0.25) is 5.02 Å². The maximum Gasteiger partial charge on any atom is 0.344 e. The Morgan fingerprint density at radius 1 is 1.05 bits per heavy atom. The number of hydrogen-bond donors (Lipinski definition) is 1. The molecule has 10 heteroatoms. The van der Waals surface area contributed by atoms with Crippen LogP contribution < -0.4 is 15.1 Å². The molecule has 9 nitrogen and oxygen atoms in total. The molecule has 0 spiro atoms. The molecule has 7 rings (SSSR count). The van der Waals surface area contributed by atoms with Gasteiger partial charge < -0.3 is 19.0 Å². The number of aromatic hydroxyl groups is 1. The second kappa shape index (κ2) is 8.32. The van der Waals surface area contributed by atoms with Crippen LogP contribution in [0.15, 0.2) is 82.3 Å². The highest BCUT2D eigenvalue weighted by atomic mass is 35.5. The number of nitrogens with zero attached hydrogens (tertiary/aromatic N) is 4. The van der Waals surface area contributed by atoms with E-state index < -0.39 is 11.5 Å². The van der Waals surface area contributed by atoms with E-state index in [2.05, 4.69) is 10.1 Å². The molecule has 186 valence electrons. The van der Waals surface area contributed by atoms with Crippen LogP contribution in [0, 0.1) is 0 Å². The lowest BCUT2D eigenvalue weighted by Crippen LogP contribution is -2.22. The Hall–Kier alpha value is -4.89. The average molecular weight is 525 g/mol. The van der Waals surface area contributed by atoms with Gasteiger partial charge in [-0.05, 0) is 48.0 Å². The SMILES string of the molecule is COc1ccc(-c2nc3c4c(ncn3n2)Oc2c(c(=O)oc3ccccc23)C4c2ccc(Cl)cc2)cc1O. The minimum Gasteiger partial charge on any atom is -0.504 e. The first-order valence-electron chi connectivity index (χ1n) is 11.6. The Labute approximate surface area is 219 Å². The molecule has 0 aliphatic carbocycles. The highest BCUT2D eigenvalue weighted by molar-refractivity contribution is 6.30. The molecule has 1 unspecified atom stereocenters. The first kappa shape index (κ1) is 22.3. The summed E-state index contributed by atoms with van der Waals surface area (Å²) in [6.07, 6.45) is 1.51. The second-order valence-electron chi connectivity index (χ2n) is 8.77. The molecule has 0 saturated carbocycles. The number of methoxy groups -OCH3 is 1. The molecule has 0 radical (unpaired) electrons. The molecule has 1 aliphatic rings. The maximum atomic E-state index is 13.4. The molecular formula is C28H17ClN4O5. The Morgan fingerprint density at radius 2 is 1.87 bits per heavy atom. The van der Waals surface area contributed by atoms with Gasteiger partial charge in [0, 0.05) is 10.6 Å². The zero-order chi connectivity index (χ0) is 26.0. The highest BCUT2D eigenvalue weighted by Gasteiger charge is 2.37. The van der Waals surface area contributed by atoms with Gasteiger partial charge in [-0.25, -0.2) is 19.3 Å². The Kier molecular flexibility index (Phi) is 4.89. The third-order valence-corrected chi connectivity index (χ3v) is 6.85. The average Bonchev–Trinajstić information content (AvgIpc) is 3.37. The number of aromatic nitrogens is 4. The molecule has 1 N–H and O–H groups in total. The minimum atomic E-state index is -0.621. The van der Waals surface area contributed by atoms with Crippen LogP contribution in [-0.4, -0.2) is 31.8 Å². The van der Waals surface area contributed by atoms with Crippen molar-refractivity contribution in [3.8, 4) is 34.5 Å². The quantitative estimate of drug-likeness (QED) is 0.299. The van der Waals surface area contributed by atoms with Crippen LogP contribution in [0.3, 0.4) is 0 Å². The third-order valence-electron chi connectivity index (χ3n) is 6.60. The monoisotopic (exact) mass is 524 g/mol. The predicted octanol–water partition coefficient (Wildman–Crippen LogP) is 5.55. The smallest absolute Gasteiger partial charge is 0.344 e. The van der Waals surface area contributed by atoms with Crippen LogP contribution in [-0.2, 0) is 0 Å². The van der Waals surface area contributed by atoms with Gasteiger partial charge in [0.25, 0.3) is 0 Å². The van der Waals surface area contributed by atoms with Gasteiger partial charge in [-0.15, -0.1) is 5.10 Å². The molecule has 4 heterocycles. The summed E-state index contributed by atoms with van der Waals surface area (Å²) in [5.74, 6) is 0.722. The molecule has 0 saturated heterocycles. The molecular weight excluding hydrogens is 508 g/mol. The summed E-state index contributed by atoms with van der Waals surface area (Å²) >= 11 is 6.19. The van der Waals surface area contributed by atoms with Crippen LogP contribution in [0.1, 0.15) is 22.6 Å². The van der Waals surface area contributed by atoms with Crippen molar-refractivity contribution in [3.05, 3.63) is 105 Å². The molecule has 0 fully saturated rings. The van der Waals surface area contributed by atoms with Gasteiger partial charge in [-0.1, -0.05) is 35.9 Å². The fraction of sp³-hybridized carbons (Fsp3) is 0.0714. The van der Waals surface area contributed by atoms with Crippen LogP contribution >= 0.6 is 11.6 Å². The van der Waals surface area contributed by atoms with Crippen molar-refractivity contribution in [2.24, 2.45) is 0 Å². The van der Waals surface area contributed by atoms with E-state index in [0.29, 0.717) is 61.5 Å². The van der Waals surface area contributed by atoms with Crippen molar-refractivity contribution in [2.45, 2.75) is 5.92 Å². The number of fused-ring (bicyclic) bond motifs is 6. The van der Waals surface area contributed by atoms with E-state index in [1.807, 2.05) is 24.3 Å². The Balaban J connectivity index is 1.51. The van der Waals surface area contributed by atoms with Gasteiger partial charge in [0.2, 0.25) is 5.88 Å². The van der Waals surface area contributed by atoms with Crippen LogP contribution in [0.5, 0.6) is 23.1 Å². The predicted molar refractivity (Wildman–Crippen MR) is 139 cm³/mol. The third kappa shape index (κ3) is 3.32. The Morgan fingerprint density at radius 3 is 2.66 bits per heavy atom. The zero-order valence-electron chi connectivity index (χ0n) is 19.8. The van der Waals surface area contributed by atoms with E-state index in [1.54, 1.807) is 36.4 Å². The van der Waals surface area contributed by atoms with E-state index in [0.717, 1.165) is 5.56 Å². The van der Waals surface area contributed by atoms with Crippen LogP contribution in [0.4, 0.5) is 0 Å². The van der Waals surface area contributed by atoms with Gasteiger partial charge in [-0.2, -0.15) is 0 Å². The molecule has 38 heavy (non-hydrogen) atoms. The lowest BCUT2D eigenvalue weighted by atomic mass is 9.84. The molecule has 3 aromatic heterocycles. The van der Waals surface area contributed by atoms with Crippen molar-refractivity contribution >= 4 is 28.2 Å². The number of ether oxygens (including phenoxy) is 2. The fourth-order valence-corrected chi connectivity index (χ4v) is 5.00. The lowest BCUT2D eigenvalue weighted by molar-refractivity contribution is 0.373. The van der Waals surface area contributed by atoms with E-state index >= 15 is 0 Å².